The Morgan fingerprint density at radius 1 is 0.882 bits per heavy atom. The lowest BCUT2D eigenvalue weighted by Crippen LogP contribution is -2.27. The van der Waals surface area contributed by atoms with E-state index in [4.69, 9.17) is 5.11 Å². The van der Waals surface area contributed by atoms with Crippen molar-refractivity contribution in [2.45, 2.75) is 25.3 Å². The van der Waals surface area contributed by atoms with Crippen LogP contribution in [0.1, 0.15) is 36.6 Å². The minimum absolute atomic E-state index is 0.129. The van der Waals surface area contributed by atoms with Crippen LogP contribution in [0.2, 0.25) is 0 Å². The van der Waals surface area contributed by atoms with Gasteiger partial charge < -0.3 is 5.11 Å². The van der Waals surface area contributed by atoms with E-state index in [1.165, 1.54) is 5.01 Å². The van der Waals surface area contributed by atoms with Crippen molar-refractivity contribution in [3.05, 3.63) is 90.5 Å². The van der Waals surface area contributed by atoms with Gasteiger partial charge in [0.25, 0.3) is 0 Å². The number of fused-ring (bicyclic) bond motifs is 1. The number of carbonyl (C=O) groups excluding carboxylic acids is 1. The number of nitrogens with zero attached hydrogens (tertiary/aromatic N) is 5. The van der Waals surface area contributed by atoms with E-state index in [0.29, 0.717) is 17.8 Å². The Morgan fingerprint density at radius 2 is 1.68 bits per heavy atom. The number of hydrogen-bond donors (Lipinski definition) is 1. The summed E-state index contributed by atoms with van der Waals surface area (Å²) in [6.45, 7) is 0. The Morgan fingerprint density at radius 3 is 2.41 bits per heavy atom. The van der Waals surface area contributed by atoms with E-state index < -0.39 is 5.97 Å². The Bertz CT molecular complexity index is 1390. The van der Waals surface area contributed by atoms with Crippen molar-refractivity contribution in [1.82, 2.24) is 20.0 Å². The molecular formula is C26H21N5O3. The number of hydrazone groups is 1. The zero-order valence-corrected chi connectivity index (χ0v) is 18.2. The van der Waals surface area contributed by atoms with Crippen LogP contribution in [-0.2, 0) is 9.59 Å². The molecule has 2 aromatic heterocycles. The number of rotatable bonds is 6. The molecule has 0 bridgehead atoms. The summed E-state index contributed by atoms with van der Waals surface area (Å²) in [7, 11) is 0. The summed E-state index contributed by atoms with van der Waals surface area (Å²) in [4.78, 5) is 37.2. The number of pyridine rings is 1. The van der Waals surface area contributed by atoms with Gasteiger partial charge in [-0.1, -0.05) is 42.5 Å². The molecule has 1 aliphatic rings. The predicted octanol–water partition coefficient (Wildman–Crippen LogP) is 4.23. The standard InChI is InChI=1S/C26H21N5O3/c32-25(10-11-26(33)34)31-24(18-6-8-20-22(14-18)28-13-12-27-20)15-23(30-31)21-9-7-19(16-29-21)17-4-2-1-3-5-17/h1-9,12-14,16,24H,10-11,15H2,(H,33,34). The van der Waals surface area contributed by atoms with Crippen molar-refractivity contribution < 1.29 is 14.7 Å². The van der Waals surface area contributed by atoms with Crippen LogP contribution < -0.4 is 0 Å². The molecule has 8 heteroatoms. The summed E-state index contributed by atoms with van der Waals surface area (Å²) < 4.78 is 0. The smallest absolute Gasteiger partial charge is 0.303 e. The third-order valence-electron chi connectivity index (χ3n) is 5.76. The Kier molecular flexibility index (Phi) is 5.78. The van der Waals surface area contributed by atoms with Crippen LogP contribution in [0.25, 0.3) is 22.2 Å². The minimum Gasteiger partial charge on any atom is -0.481 e. The van der Waals surface area contributed by atoms with Crippen LogP contribution >= 0.6 is 0 Å². The summed E-state index contributed by atoms with van der Waals surface area (Å²) in [5, 5.41) is 15.0. The van der Waals surface area contributed by atoms with Crippen molar-refractivity contribution in [1.29, 1.82) is 0 Å². The van der Waals surface area contributed by atoms with Gasteiger partial charge in [0, 0.05) is 37.0 Å². The average molecular weight is 451 g/mol. The molecule has 0 saturated heterocycles. The molecule has 1 amide bonds. The molecule has 2 aromatic carbocycles. The van der Waals surface area contributed by atoms with Gasteiger partial charge in [-0.15, -0.1) is 0 Å². The van der Waals surface area contributed by atoms with Crippen LogP contribution in [0.4, 0.5) is 0 Å². The van der Waals surface area contributed by atoms with Crippen LogP contribution in [0.15, 0.2) is 84.4 Å². The number of carboxylic acids is 1. The highest BCUT2D eigenvalue weighted by Crippen LogP contribution is 2.34. The fourth-order valence-electron chi connectivity index (χ4n) is 4.04. The highest BCUT2D eigenvalue weighted by atomic mass is 16.4. The van der Waals surface area contributed by atoms with Gasteiger partial charge in [-0.3, -0.25) is 24.5 Å². The average Bonchev–Trinajstić information content (AvgIpc) is 3.33. The SMILES string of the molecule is O=C(O)CCC(=O)N1N=C(c2ccc(-c3ccccc3)cn2)CC1c1ccc2nccnc2c1. The molecule has 1 aliphatic heterocycles. The highest BCUT2D eigenvalue weighted by Gasteiger charge is 2.33. The second-order valence-corrected chi connectivity index (χ2v) is 8.00. The first kappa shape index (κ1) is 21.4. The van der Waals surface area contributed by atoms with E-state index in [-0.39, 0.29) is 24.8 Å². The molecule has 1 atom stereocenters. The second-order valence-electron chi connectivity index (χ2n) is 8.00. The van der Waals surface area contributed by atoms with Crippen LogP contribution in [0, 0.1) is 0 Å². The third-order valence-corrected chi connectivity index (χ3v) is 5.76. The molecular weight excluding hydrogens is 430 g/mol. The molecule has 5 rings (SSSR count). The number of aromatic nitrogens is 3. The van der Waals surface area contributed by atoms with E-state index in [1.54, 1.807) is 18.6 Å². The molecule has 0 aliphatic carbocycles. The molecule has 0 fully saturated rings. The molecule has 168 valence electrons. The fourth-order valence-corrected chi connectivity index (χ4v) is 4.04. The van der Waals surface area contributed by atoms with Gasteiger partial charge in [0.05, 0.1) is 34.9 Å². The lowest BCUT2D eigenvalue weighted by atomic mass is 9.99. The molecule has 0 saturated carbocycles. The van der Waals surface area contributed by atoms with E-state index in [1.807, 2.05) is 60.7 Å². The van der Waals surface area contributed by atoms with Gasteiger partial charge in [-0.2, -0.15) is 5.10 Å². The molecule has 4 aromatic rings. The first-order valence-corrected chi connectivity index (χ1v) is 10.9. The summed E-state index contributed by atoms with van der Waals surface area (Å²) in [5.74, 6) is -1.37. The first-order valence-electron chi connectivity index (χ1n) is 10.9. The maximum atomic E-state index is 12.9. The number of carbonyl (C=O) groups is 2. The van der Waals surface area contributed by atoms with Gasteiger partial charge in [0.1, 0.15) is 0 Å². The monoisotopic (exact) mass is 451 g/mol. The van der Waals surface area contributed by atoms with Gasteiger partial charge in [0.2, 0.25) is 5.91 Å². The number of aliphatic carboxylic acids is 1. The normalized spacial score (nSPS) is 15.4. The van der Waals surface area contributed by atoms with Crippen LogP contribution in [-0.4, -0.2) is 42.7 Å². The van der Waals surface area contributed by atoms with E-state index in [2.05, 4.69) is 20.1 Å². The van der Waals surface area contributed by atoms with Crippen molar-refractivity contribution >= 4 is 28.6 Å². The molecule has 34 heavy (non-hydrogen) atoms. The van der Waals surface area contributed by atoms with Crippen molar-refractivity contribution in [3.8, 4) is 11.1 Å². The minimum atomic E-state index is -1.02. The maximum absolute atomic E-state index is 12.9. The summed E-state index contributed by atoms with van der Waals surface area (Å²) in [6.07, 6.45) is 5.13. The quantitative estimate of drug-likeness (QED) is 0.470. The zero-order valence-electron chi connectivity index (χ0n) is 18.2. The molecule has 0 radical (unpaired) electrons. The molecule has 3 heterocycles. The topological polar surface area (TPSA) is 109 Å². The number of carboxylic acid groups (broad SMARTS) is 1. The molecule has 8 nitrogen and oxygen atoms in total. The van der Waals surface area contributed by atoms with Crippen LogP contribution in [0.3, 0.4) is 0 Å². The summed E-state index contributed by atoms with van der Waals surface area (Å²) >= 11 is 0. The number of hydrogen-bond acceptors (Lipinski definition) is 6. The van der Waals surface area contributed by atoms with E-state index >= 15 is 0 Å². The largest absolute Gasteiger partial charge is 0.481 e. The number of benzene rings is 2. The third kappa shape index (κ3) is 4.38. The highest BCUT2D eigenvalue weighted by molar-refractivity contribution is 6.02. The molecule has 0 spiro atoms. The van der Waals surface area contributed by atoms with Crippen molar-refractivity contribution in [2.24, 2.45) is 5.10 Å². The first-order chi connectivity index (χ1) is 16.6. The van der Waals surface area contributed by atoms with Gasteiger partial charge in [-0.25, -0.2) is 5.01 Å². The molecule has 1 unspecified atom stereocenters. The van der Waals surface area contributed by atoms with Gasteiger partial charge >= 0.3 is 5.97 Å². The van der Waals surface area contributed by atoms with E-state index in [9.17, 15) is 9.59 Å². The fraction of sp³-hybridized carbons (Fsp3) is 0.154. The Hall–Kier alpha value is -4.46. The molecule has 1 N–H and O–H groups in total. The lowest BCUT2D eigenvalue weighted by molar-refractivity contribution is -0.141. The second kappa shape index (κ2) is 9.19. The van der Waals surface area contributed by atoms with Gasteiger partial charge in [-0.05, 0) is 29.3 Å². The Labute approximate surface area is 195 Å². The number of amides is 1. The maximum Gasteiger partial charge on any atom is 0.303 e. The predicted molar refractivity (Wildman–Crippen MR) is 127 cm³/mol. The summed E-state index contributed by atoms with van der Waals surface area (Å²) in [6, 6.07) is 19.1. The van der Waals surface area contributed by atoms with Crippen LogP contribution in [0.5, 0.6) is 0 Å². The van der Waals surface area contributed by atoms with E-state index in [0.717, 1.165) is 27.7 Å². The van der Waals surface area contributed by atoms with Crippen molar-refractivity contribution in [2.75, 3.05) is 0 Å². The lowest BCUT2D eigenvalue weighted by Gasteiger charge is -2.22. The van der Waals surface area contributed by atoms with Gasteiger partial charge in [0.15, 0.2) is 0 Å². The van der Waals surface area contributed by atoms with Crippen molar-refractivity contribution in [3.63, 3.8) is 0 Å². The Balaban J connectivity index is 1.46. The summed E-state index contributed by atoms with van der Waals surface area (Å²) in [5.41, 5.74) is 5.74. The zero-order chi connectivity index (χ0) is 23.5.